The van der Waals surface area contributed by atoms with Gasteiger partial charge in [-0.1, -0.05) is 13.8 Å². The molecule has 110 valence electrons. The highest BCUT2D eigenvalue weighted by atomic mass is 79.9. The van der Waals surface area contributed by atoms with Crippen molar-refractivity contribution in [3.05, 3.63) is 32.4 Å². The van der Waals surface area contributed by atoms with Crippen LogP contribution < -0.4 is 5.32 Å². The van der Waals surface area contributed by atoms with Gasteiger partial charge >= 0.3 is 0 Å². The lowest BCUT2D eigenvalue weighted by molar-refractivity contribution is 0.503. The maximum absolute atomic E-state index is 4.42. The third kappa shape index (κ3) is 3.68. The zero-order valence-corrected chi connectivity index (χ0v) is 14.6. The number of aryl methyl sites for hydroxylation is 2. The van der Waals surface area contributed by atoms with E-state index in [9.17, 15) is 0 Å². The second-order valence-electron chi connectivity index (χ2n) is 4.82. The van der Waals surface area contributed by atoms with Crippen LogP contribution in [0.15, 0.2) is 16.2 Å². The summed E-state index contributed by atoms with van der Waals surface area (Å²) in [5, 5.41) is 7.86. The van der Waals surface area contributed by atoms with E-state index < -0.39 is 0 Å². The van der Waals surface area contributed by atoms with Gasteiger partial charge in [0.05, 0.1) is 3.79 Å². The van der Waals surface area contributed by atoms with Gasteiger partial charge in [-0.2, -0.15) is 5.10 Å². The number of aromatic nitrogens is 3. The molecule has 0 aliphatic heterocycles. The summed E-state index contributed by atoms with van der Waals surface area (Å²) in [6, 6.07) is 2.55. The number of nitrogens with one attached hydrogen (secondary N) is 1. The van der Waals surface area contributed by atoms with Gasteiger partial charge in [0, 0.05) is 23.9 Å². The van der Waals surface area contributed by atoms with E-state index in [1.807, 2.05) is 4.68 Å². The molecule has 0 aliphatic carbocycles. The second kappa shape index (κ2) is 7.33. The number of rotatable bonds is 7. The monoisotopic (exact) mass is 356 g/mol. The molecule has 4 nitrogen and oxygen atoms in total. The normalized spacial score (nSPS) is 12.8. The molecule has 2 aromatic rings. The molecular weight excluding hydrogens is 336 g/mol. The van der Waals surface area contributed by atoms with E-state index in [2.05, 4.69) is 58.2 Å². The molecule has 0 saturated carbocycles. The molecule has 20 heavy (non-hydrogen) atoms. The molecule has 0 saturated heterocycles. The Morgan fingerprint density at radius 3 is 2.85 bits per heavy atom. The molecule has 0 radical (unpaired) electrons. The van der Waals surface area contributed by atoms with Gasteiger partial charge in [-0.15, -0.1) is 11.3 Å². The summed E-state index contributed by atoms with van der Waals surface area (Å²) >= 11 is 5.41. The molecule has 6 heteroatoms. The van der Waals surface area contributed by atoms with E-state index in [4.69, 9.17) is 0 Å². The lowest BCUT2D eigenvalue weighted by atomic mass is 10.1. The van der Waals surface area contributed by atoms with Gasteiger partial charge in [-0.25, -0.2) is 4.98 Å². The van der Waals surface area contributed by atoms with Crippen LogP contribution in [0.4, 0.5) is 0 Å². The molecule has 0 spiro atoms. The molecule has 0 bridgehead atoms. The fourth-order valence-corrected chi connectivity index (χ4v) is 3.85. The van der Waals surface area contributed by atoms with Crippen molar-refractivity contribution >= 4 is 27.3 Å². The minimum Gasteiger partial charge on any atom is -0.309 e. The van der Waals surface area contributed by atoms with Crippen molar-refractivity contribution in [3.63, 3.8) is 0 Å². The van der Waals surface area contributed by atoms with Gasteiger partial charge in [0.15, 0.2) is 0 Å². The molecule has 2 aromatic heterocycles. The van der Waals surface area contributed by atoms with Crippen LogP contribution in [-0.4, -0.2) is 21.3 Å². The number of hydrogen-bond acceptors (Lipinski definition) is 4. The molecule has 0 amide bonds. The zero-order chi connectivity index (χ0) is 14.5. The molecule has 0 aliphatic rings. The van der Waals surface area contributed by atoms with Crippen LogP contribution in [-0.2, 0) is 13.0 Å². The molecule has 2 heterocycles. The predicted octanol–water partition coefficient (Wildman–Crippen LogP) is 3.71. The smallest absolute Gasteiger partial charge is 0.138 e. The third-order valence-electron chi connectivity index (χ3n) is 3.19. The van der Waals surface area contributed by atoms with Crippen LogP contribution in [0.25, 0.3) is 0 Å². The van der Waals surface area contributed by atoms with Crippen molar-refractivity contribution in [2.24, 2.45) is 0 Å². The number of likely N-dealkylation sites (N-methyl/N-ethyl adjacent to an activating group) is 1. The molecule has 2 rings (SSSR count). The van der Waals surface area contributed by atoms with E-state index in [0.717, 1.165) is 31.8 Å². The van der Waals surface area contributed by atoms with Gasteiger partial charge in [0.1, 0.15) is 12.2 Å². The Labute approximate surface area is 132 Å². The molecule has 1 N–H and O–H groups in total. The van der Waals surface area contributed by atoms with Crippen molar-refractivity contribution < 1.29 is 0 Å². The van der Waals surface area contributed by atoms with Crippen molar-refractivity contribution in [3.8, 4) is 0 Å². The Balaban J connectivity index is 2.18. The maximum Gasteiger partial charge on any atom is 0.138 e. The first-order valence-electron chi connectivity index (χ1n) is 7.01. The number of hydrogen-bond donors (Lipinski definition) is 1. The van der Waals surface area contributed by atoms with Gasteiger partial charge in [-0.05, 0) is 47.4 Å². The molecule has 1 unspecified atom stereocenters. The lowest BCUT2D eigenvalue weighted by Crippen LogP contribution is -2.23. The van der Waals surface area contributed by atoms with Gasteiger partial charge in [0.25, 0.3) is 0 Å². The Kier molecular flexibility index (Phi) is 5.74. The summed E-state index contributed by atoms with van der Waals surface area (Å²) in [4.78, 5) is 5.77. The molecule has 0 fully saturated rings. The number of halogens is 1. The Hall–Kier alpha value is -0.720. The Bertz CT molecular complexity index is 530. The summed E-state index contributed by atoms with van der Waals surface area (Å²) in [5.74, 6) is 1.06. The van der Waals surface area contributed by atoms with Crippen LogP contribution in [0, 0.1) is 6.92 Å². The van der Waals surface area contributed by atoms with Crippen LogP contribution >= 0.6 is 27.3 Å². The average molecular weight is 357 g/mol. The highest BCUT2D eigenvalue weighted by Gasteiger charge is 2.18. The Morgan fingerprint density at radius 2 is 2.25 bits per heavy atom. The second-order valence-corrected chi connectivity index (χ2v) is 7.22. The van der Waals surface area contributed by atoms with Gasteiger partial charge in [0.2, 0.25) is 0 Å². The van der Waals surface area contributed by atoms with Crippen LogP contribution in [0.5, 0.6) is 0 Å². The highest BCUT2D eigenvalue weighted by Crippen LogP contribution is 2.32. The van der Waals surface area contributed by atoms with Crippen molar-refractivity contribution in [1.29, 1.82) is 0 Å². The molecule has 0 aromatic carbocycles. The van der Waals surface area contributed by atoms with Crippen LogP contribution in [0.3, 0.4) is 0 Å². The van der Waals surface area contributed by atoms with E-state index >= 15 is 0 Å². The summed E-state index contributed by atoms with van der Waals surface area (Å²) in [5.41, 5.74) is 1.29. The fraction of sp³-hybridized carbons (Fsp3) is 0.571. The largest absolute Gasteiger partial charge is 0.309 e. The Morgan fingerprint density at radius 1 is 1.45 bits per heavy atom. The number of nitrogens with zero attached hydrogens (tertiary/aromatic N) is 3. The third-order valence-corrected chi connectivity index (χ3v) is 5.44. The lowest BCUT2D eigenvalue weighted by Gasteiger charge is -2.16. The molecular formula is C14H21BrN4S. The first-order valence-corrected chi connectivity index (χ1v) is 8.62. The van der Waals surface area contributed by atoms with Crippen LogP contribution in [0.1, 0.15) is 42.6 Å². The molecule has 1 atom stereocenters. The van der Waals surface area contributed by atoms with E-state index in [-0.39, 0.29) is 0 Å². The topological polar surface area (TPSA) is 42.7 Å². The summed E-state index contributed by atoms with van der Waals surface area (Å²) < 4.78 is 3.23. The predicted molar refractivity (Wildman–Crippen MR) is 87.2 cm³/mol. The fourth-order valence-electron chi connectivity index (χ4n) is 2.20. The zero-order valence-electron chi connectivity index (χ0n) is 12.2. The minimum absolute atomic E-state index is 0.301. The van der Waals surface area contributed by atoms with Crippen molar-refractivity contribution in [2.75, 3.05) is 6.54 Å². The summed E-state index contributed by atoms with van der Waals surface area (Å²) in [6.07, 6.45) is 3.61. The number of thiophene rings is 1. The van der Waals surface area contributed by atoms with Crippen molar-refractivity contribution in [2.45, 2.75) is 46.2 Å². The SMILES string of the molecule is CCCn1ncnc1CC(NCC)c1cc(C)c(Br)s1. The maximum atomic E-state index is 4.42. The average Bonchev–Trinajstić information content (AvgIpc) is 2.98. The van der Waals surface area contributed by atoms with Gasteiger partial charge in [-0.3, -0.25) is 4.68 Å². The minimum atomic E-state index is 0.301. The standard InChI is InChI=1S/C14H21BrN4S/c1-4-6-19-13(17-9-18-19)8-11(16-5-2)12-7-10(3)14(15)20-12/h7,9,11,16H,4-6,8H2,1-3H3. The summed E-state index contributed by atoms with van der Waals surface area (Å²) in [7, 11) is 0. The van der Waals surface area contributed by atoms with E-state index in [1.165, 1.54) is 14.2 Å². The van der Waals surface area contributed by atoms with Crippen LogP contribution in [0.2, 0.25) is 0 Å². The first-order chi connectivity index (χ1) is 9.65. The van der Waals surface area contributed by atoms with E-state index in [1.54, 1.807) is 17.7 Å². The van der Waals surface area contributed by atoms with Gasteiger partial charge < -0.3 is 5.32 Å². The van der Waals surface area contributed by atoms with Crippen molar-refractivity contribution in [1.82, 2.24) is 20.1 Å². The highest BCUT2D eigenvalue weighted by molar-refractivity contribution is 9.11. The quantitative estimate of drug-likeness (QED) is 0.821. The summed E-state index contributed by atoms with van der Waals surface area (Å²) in [6.45, 7) is 8.31. The van der Waals surface area contributed by atoms with E-state index in [0.29, 0.717) is 6.04 Å². The first kappa shape index (κ1) is 15.7.